The van der Waals surface area contributed by atoms with Crippen LogP contribution in [0.3, 0.4) is 0 Å². The zero-order valence-electron chi connectivity index (χ0n) is 12.1. The van der Waals surface area contributed by atoms with Crippen LogP contribution in [-0.4, -0.2) is 34.0 Å². The van der Waals surface area contributed by atoms with E-state index in [-0.39, 0.29) is 17.2 Å². The van der Waals surface area contributed by atoms with E-state index in [1.807, 2.05) is 6.92 Å². The highest BCUT2D eigenvalue weighted by Gasteiger charge is 2.45. The number of aliphatic carboxylic acids is 1. The fourth-order valence-corrected chi connectivity index (χ4v) is 2.91. The molecule has 1 saturated carbocycles. The van der Waals surface area contributed by atoms with Crippen LogP contribution in [0.15, 0.2) is 0 Å². The van der Waals surface area contributed by atoms with Crippen molar-refractivity contribution in [2.45, 2.75) is 59.4 Å². The molecule has 18 heavy (non-hydrogen) atoms. The maximum Gasteiger partial charge on any atom is 0.329 e. The lowest BCUT2D eigenvalue weighted by Crippen LogP contribution is -2.55. The van der Waals surface area contributed by atoms with Gasteiger partial charge < -0.3 is 10.0 Å². The Hall–Kier alpha value is -1.06. The molecule has 0 aromatic heterocycles. The second kappa shape index (κ2) is 4.90. The average Bonchev–Trinajstić information content (AvgIpc) is 2.58. The summed E-state index contributed by atoms with van der Waals surface area (Å²) in [4.78, 5) is 25.4. The molecule has 0 aromatic carbocycles. The molecule has 4 nitrogen and oxygen atoms in total. The summed E-state index contributed by atoms with van der Waals surface area (Å²) in [5.41, 5.74) is -1.15. The van der Waals surface area contributed by atoms with Gasteiger partial charge in [0.1, 0.15) is 5.54 Å². The van der Waals surface area contributed by atoms with Crippen molar-refractivity contribution in [2.75, 3.05) is 6.54 Å². The Morgan fingerprint density at radius 3 is 2.28 bits per heavy atom. The summed E-state index contributed by atoms with van der Waals surface area (Å²) in [5, 5.41) is 9.27. The van der Waals surface area contributed by atoms with Crippen LogP contribution in [0, 0.1) is 11.3 Å². The third-order valence-electron chi connectivity index (χ3n) is 4.34. The zero-order valence-corrected chi connectivity index (χ0v) is 12.1. The Kier molecular flexibility index (Phi) is 4.08. The van der Waals surface area contributed by atoms with E-state index in [2.05, 4.69) is 13.8 Å². The quantitative estimate of drug-likeness (QED) is 0.839. The molecule has 1 aliphatic rings. The van der Waals surface area contributed by atoms with Gasteiger partial charge in [-0.25, -0.2) is 4.79 Å². The highest BCUT2D eigenvalue weighted by Crippen LogP contribution is 2.44. The first-order chi connectivity index (χ1) is 8.14. The molecule has 104 valence electrons. The molecule has 1 unspecified atom stereocenters. The standard InChI is InChI=1S/C14H25NO3/c1-6-15(14(4,5)12(17)18)11(16)10-8-7-9-13(10,2)3/h10H,6-9H2,1-5H3,(H,17,18). The molecule has 4 heteroatoms. The molecular weight excluding hydrogens is 230 g/mol. The summed E-state index contributed by atoms with van der Waals surface area (Å²) < 4.78 is 0. The Morgan fingerprint density at radius 2 is 1.94 bits per heavy atom. The van der Waals surface area contributed by atoms with Crippen LogP contribution < -0.4 is 0 Å². The number of likely N-dealkylation sites (N-methyl/N-ethyl adjacent to an activating group) is 1. The third kappa shape index (κ3) is 2.52. The van der Waals surface area contributed by atoms with Gasteiger partial charge in [0.25, 0.3) is 0 Å². The number of hydrogen-bond acceptors (Lipinski definition) is 2. The maximum absolute atomic E-state index is 12.6. The van der Waals surface area contributed by atoms with Gasteiger partial charge in [-0.1, -0.05) is 20.3 Å². The normalized spacial score (nSPS) is 22.8. The third-order valence-corrected chi connectivity index (χ3v) is 4.34. The number of carboxylic acids is 1. The number of hydrogen-bond donors (Lipinski definition) is 1. The van der Waals surface area contributed by atoms with Crippen molar-refractivity contribution in [3.63, 3.8) is 0 Å². The molecule has 1 aliphatic carbocycles. The summed E-state index contributed by atoms with van der Waals surface area (Å²) in [6, 6.07) is 0. The number of carbonyl (C=O) groups is 2. The minimum atomic E-state index is -1.13. The van der Waals surface area contributed by atoms with Gasteiger partial charge in [-0.15, -0.1) is 0 Å². The summed E-state index contributed by atoms with van der Waals surface area (Å²) >= 11 is 0. The van der Waals surface area contributed by atoms with E-state index in [9.17, 15) is 14.7 Å². The van der Waals surface area contributed by atoms with Gasteiger partial charge in [0.15, 0.2) is 0 Å². The van der Waals surface area contributed by atoms with Crippen LogP contribution in [0.4, 0.5) is 0 Å². The van der Waals surface area contributed by atoms with Crippen LogP contribution in [0.25, 0.3) is 0 Å². The van der Waals surface area contributed by atoms with E-state index >= 15 is 0 Å². The first-order valence-electron chi connectivity index (χ1n) is 6.69. The maximum atomic E-state index is 12.6. The summed E-state index contributed by atoms with van der Waals surface area (Å²) in [6.45, 7) is 9.67. The molecule has 1 rings (SSSR count). The SMILES string of the molecule is CCN(C(=O)C1CCCC1(C)C)C(C)(C)C(=O)O. The minimum absolute atomic E-state index is 0.00704. The number of nitrogens with zero attached hydrogens (tertiary/aromatic N) is 1. The topological polar surface area (TPSA) is 57.6 Å². The smallest absolute Gasteiger partial charge is 0.329 e. The summed E-state index contributed by atoms with van der Waals surface area (Å²) in [7, 11) is 0. The molecule has 0 bridgehead atoms. The molecule has 0 saturated heterocycles. The van der Waals surface area contributed by atoms with E-state index in [1.165, 1.54) is 4.90 Å². The summed E-state index contributed by atoms with van der Waals surface area (Å²) in [5.74, 6) is -1.00. The van der Waals surface area contributed by atoms with Gasteiger partial charge in [-0.3, -0.25) is 4.79 Å². The minimum Gasteiger partial charge on any atom is -0.480 e. The molecule has 0 radical (unpaired) electrons. The van der Waals surface area contributed by atoms with Gasteiger partial charge in [0.05, 0.1) is 0 Å². The van der Waals surface area contributed by atoms with E-state index < -0.39 is 11.5 Å². The lowest BCUT2D eigenvalue weighted by molar-refractivity contribution is -0.159. The van der Waals surface area contributed by atoms with Crippen molar-refractivity contribution in [1.29, 1.82) is 0 Å². The van der Waals surface area contributed by atoms with Gasteiger partial charge in [0, 0.05) is 12.5 Å². The van der Waals surface area contributed by atoms with Crippen molar-refractivity contribution < 1.29 is 14.7 Å². The lowest BCUT2D eigenvalue weighted by atomic mass is 9.80. The van der Waals surface area contributed by atoms with Crippen LogP contribution >= 0.6 is 0 Å². The highest BCUT2D eigenvalue weighted by molar-refractivity contribution is 5.88. The molecule has 0 aliphatic heterocycles. The zero-order chi connectivity index (χ0) is 14.1. The molecule has 0 heterocycles. The van der Waals surface area contributed by atoms with Gasteiger partial charge >= 0.3 is 5.97 Å². The predicted octanol–water partition coefficient (Wildman–Crippen LogP) is 2.52. The second-order valence-electron chi connectivity index (χ2n) is 6.38. The molecule has 1 fully saturated rings. The van der Waals surface area contributed by atoms with Crippen LogP contribution in [0.1, 0.15) is 53.9 Å². The van der Waals surface area contributed by atoms with Gasteiger partial charge in [0.2, 0.25) is 5.91 Å². The monoisotopic (exact) mass is 255 g/mol. The van der Waals surface area contributed by atoms with Gasteiger partial charge in [-0.05, 0) is 39.0 Å². The van der Waals surface area contributed by atoms with Crippen molar-refractivity contribution in [2.24, 2.45) is 11.3 Å². The van der Waals surface area contributed by atoms with Crippen LogP contribution in [-0.2, 0) is 9.59 Å². The average molecular weight is 255 g/mol. The van der Waals surface area contributed by atoms with Crippen molar-refractivity contribution >= 4 is 11.9 Å². The fourth-order valence-electron chi connectivity index (χ4n) is 2.91. The molecule has 1 amide bonds. The highest BCUT2D eigenvalue weighted by atomic mass is 16.4. The van der Waals surface area contributed by atoms with E-state index in [0.717, 1.165) is 19.3 Å². The second-order valence-corrected chi connectivity index (χ2v) is 6.38. The number of rotatable bonds is 4. The Bertz CT molecular complexity index is 347. The fraction of sp³-hybridized carbons (Fsp3) is 0.857. The molecule has 1 N–H and O–H groups in total. The number of carboxylic acid groups (broad SMARTS) is 1. The van der Waals surface area contributed by atoms with Crippen LogP contribution in [0.2, 0.25) is 0 Å². The first-order valence-corrected chi connectivity index (χ1v) is 6.69. The lowest BCUT2D eigenvalue weighted by Gasteiger charge is -2.38. The summed E-state index contributed by atoms with van der Waals surface area (Å²) in [6.07, 6.45) is 2.96. The number of carbonyl (C=O) groups excluding carboxylic acids is 1. The molecule has 1 atom stereocenters. The van der Waals surface area contributed by atoms with Crippen molar-refractivity contribution in [3.05, 3.63) is 0 Å². The van der Waals surface area contributed by atoms with Crippen molar-refractivity contribution in [1.82, 2.24) is 4.90 Å². The Balaban J connectivity index is 2.97. The molecule has 0 spiro atoms. The number of amides is 1. The van der Waals surface area contributed by atoms with Crippen LogP contribution in [0.5, 0.6) is 0 Å². The van der Waals surface area contributed by atoms with Crippen molar-refractivity contribution in [3.8, 4) is 0 Å². The molecular formula is C14H25NO3. The first kappa shape index (κ1) is 15.0. The predicted molar refractivity (Wildman–Crippen MR) is 70.2 cm³/mol. The van der Waals surface area contributed by atoms with E-state index in [0.29, 0.717) is 6.54 Å². The Labute approximate surface area is 109 Å². The Morgan fingerprint density at radius 1 is 1.39 bits per heavy atom. The van der Waals surface area contributed by atoms with E-state index in [1.54, 1.807) is 13.8 Å². The van der Waals surface area contributed by atoms with E-state index in [4.69, 9.17) is 0 Å². The largest absolute Gasteiger partial charge is 0.480 e. The molecule has 0 aromatic rings. The van der Waals surface area contributed by atoms with Gasteiger partial charge in [-0.2, -0.15) is 0 Å².